The number of aryl methyl sites for hydroxylation is 3. The zero-order chi connectivity index (χ0) is 19.7. The molecule has 27 heavy (non-hydrogen) atoms. The van der Waals surface area contributed by atoms with Crippen LogP contribution in [0.4, 0.5) is 0 Å². The zero-order valence-corrected chi connectivity index (χ0v) is 16.9. The summed E-state index contributed by atoms with van der Waals surface area (Å²) < 4.78 is 0. The Bertz CT molecular complexity index is 858. The predicted molar refractivity (Wildman–Crippen MR) is 107 cm³/mol. The highest BCUT2D eigenvalue weighted by Crippen LogP contribution is 2.21. The quantitative estimate of drug-likeness (QED) is 0.900. The van der Waals surface area contributed by atoms with Crippen molar-refractivity contribution in [2.24, 2.45) is 0 Å². The topological polar surface area (TPSA) is 56.4 Å². The van der Waals surface area contributed by atoms with Gasteiger partial charge in [0.1, 0.15) is 0 Å². The first-order valence-corrected chi connectivity index (χ1v) is 9.63. The van der Waals surface area contributed by atoms with Crippen LogP contribution in [0.3, 0.4) is 0 Å². The zero-order valence-electron chi connectivity index (χ0n) is 16.9. The Balaban J connectivity index is 1.69. The number of aromatic nitrogens is 1. The van der Waals surface area contributed by atoms with Gasteiger partial charge in [-0.15, -0.1) is 0 Å². The lowest BCUT2D eigenvalue weighted by molar-refractivity contribution is 0.0534. The fourth-order valence-electron chi connectivity index (χ4n) is 3.63. The molecule has 2 aromatic rings. The van der Waals surface area contributed by atoms with Crippen molar-refractivity contribution in [2.45, 2.75) is 40.5 Å². The molecule has 1 aliphatic rings. The molecule has 3 rings (SSSR count). The fourth-order valence-corrected chi connectivity index (χ4v) is 3.63. The largest absolute Gasteiger partial charge is 0.362 e. The van der Waals surface area contributed by atoms with Crippen molar-refractivity contribution < 1.29 is 9.59 Å². The Morgan fingerprint density at radius 1 is 0.889 bits per heavy atom. The summed E-state index contributed by atoms with van der Waals surface area (Å²) in [5.74, 6) is 0.498. The number of carbonyl (C=O) groups is 2. The van der Waals surface area contributed by atoms with Crippen molar-refractivity contribution in [3.05, 3.63) is 57.9 Å². The smallest absolute Gasteiger partial charge is 0.255 e. The number of nitrogens with one attached hydrogen (secondary N) is 1. The second kappa shape index (κ2) is 7.59. The van der Waals surface area contributed by atoms with Gasteiger partial charge in [0.25, 0.3) is 11.8 Å². The molecule has 0 atom stereocenters. The number of hydrogen-bond donors (Lipinski definition) is 1. The van der Waals surface area contributed by atoms with Crippen molar-refractivity contribution in [3.63, 3.8) is 0 Å². The molecule has 1 fully saturated rings. The summed E-state index contributed by atoms with van der Waals surface area (Å²) in [6.07, 6.45) is 0. The van der Waals surface area contributed by atoms with Crippen molar-refractivity contribution in [1.29, 1.82) is 0 Å². The summed E-state index contributed by atoms with van der Waals surface area (Å²) in [5, 5.41) is 0. The Morgan fingerprint density at radius 2 is 1.44 bits per heavy atom. The standard InChI is InChI=1S/C22H29N3O2/c1-14(2)18-7-6-15(3)19(13-18)21(26)24-8-10-25(11-9-24)22(27)20-12-16(4)23-17(20)5/h6-7,12-14,23H,8-11H2,1-5H3. The van der Waals surface area contributed by atoms with Gasteiger partial charge in [-0.05, 0) is 49.9 Å². The van der Waals surface area contributed by atoms with E-state index >= 15 is 0 Å². The maximum absolute atomic E-state index is 13.0. The minimum Gasteiger partial charge on any atom is -0.362 e. The Labute approximate surface area is 161 Å². The second-order valence-electron chi connectivity index (χ2n) is 7.80. The second-order valence-corrected chi connectivity index (χ2v) is 7.80. The van der Waals surface area contributed by atoms with Crippen LogP contribution < -0.4 is 0 Å². The van der Waals surface area contributed by atoms with Crippen molar-refractivity contribution >= 4 is 11.8 Å². The number of benzene rings is 1. The lowest BCUT2D eigenvalue weighted by atomic mass is 9.97. The van der Waals surface area contributed by atoms with Gasteiger partial charge in [-0.1, -0.05) is 26.0 Å². The van der Waals surface area contributed by atoms with Crippen LogP contribution in [0.15, 0.2) is 24.3 Å². The van der Waals surface area contributed by atoms with Gasteiger partial charge in [-0.3, -0.25) is 9.59 Å². The summed E-state index contributed by atoms with van der Waals surface area (Å²) in [5.41, 5.74) is 5.57. The van der Waals surface area contributed by atoms with Crippen molar-refractivity contribution in [1.82, 2.24) is 14.8 Å². The van der Waals surface area contributed by atoms with E-state index in [9.17, 15) is 9.59 Å². The first-order valence-electron chi connectivity index (χ1n) is 9.63. The van der Waals surface area contributed by atoms with E-state index in [0.29, 0.717) is 32.1 Å². The third-order valence-corrected chi connectivity index (χ3v) is 5.39. The van der Waals surface area contributed by atoms with Gasteiger partial charge >= 0.3 is 0 Å². The minimum atomic E-state index is 0.0435. The number of aromatic amines is 1. The molecule has 0 saturated carbocycles. The summed E-state index contributed by atoms with van der Waals surface area (Å²) >= 11 is 0. The van der Waals surface area contributed by atoms with E-state index < -0.39 is 0 Å². The Kier molecular flexibility index (Phi) is 5.40. The van der Waals surface area contributed by atoms with E-state index in [0.717, 1.165) is 28.1 Å². The Morgan fingerprint density at radius 3 is 1.93 bits per heavy atom. The number of hydrogen-bond acceptors (Lipinski definition) is 2. The van der Waals surface area contributed by atoms with E-state index in [2.05, 4.69) is 24.9 Å². The maximum Gasteiger partial charge on any atom is 0.255 e. The fraction of sp³-hybridized carbons (Fsp3) is 0.455. The van der Waals surface area contributed by atoms with Crippen LogP contribution in [0.5, 0.6) is 0 Å². The molecule has 144 valence electrons. The van der Waals surface area contributed by atoms with Crippen LogP contribution in [-0.2, 0) is 0 Å². The lowest BCUT2D eigenvalue weighted by Crippen LogP contribution is -2.50. The molecule has 0 aliphatic carbocycles. The molecule has 0 radical (unpaired) electrons. The molecule has 0 unspecified atom stereocenters. The molecular formula is C22H29N3O2. The van der Waals surface area contributed by atoms with Gasteiger partial charge in [0, 0.05) is 43.1 Å². The SMILES string of the molecule is Cc1cc(C(=O)N2CCN(C(=O)c3cc(C(C)C)ccc3C)CC2)c(C)[nH]1. The normalized spacial score (nSPS) is 14.7. The highest BCUT2D eigenvalue weighted by molar-refractivity contribution is 5.97. The van der Waals surface area contributed by atoms with E-state index in [1.165, 1.54) is 5.56 Å². The number of H-pyrrole nitrogens is 1. The van der Waals surface area contributed by atoms with Crippen LogP contribution in [-0.4, -0.2) is 52.8 Å². The predicted octanol–water partition coefficient (Wildman–Crippen LogP) is 3.66. The van der Waals surface area contributed by atoms with Gasteiger partial charge in [-0.25, -0.2) is 0 Å². The molecular weight excluding hydrogens is 338 g/mol. The highest BCUT2D eigenvalue weighted by Gasteiger charge is 2.27. The molecule has 0 spiro atoms. The van der Waals surface area contributed by atoms with Crippen molar-refractivity contribution in [3.8, 4) is 0 Å². The molecule has 5 heteroatoms. The molecule has 1 aliphatic heterocycles. The molecule has 2 heterocycles. The minimum absolute atomic E-state index is 0.0435. The van der Waals surface area contributed by atoms with Gasteiger partial charge in [-0.2, -0.15) is 0 Å². The lowest BCUT2D eigenvalue weighted by Gasteiger charge is -2.35. The van der Waals surface area contributed by atoms with Crippen LogP contribution in [0.25, 0.3) is 0 Å². The molecule has 5 nitrogen and oxygen atoms in total. The number of carbonyl (C=O) groups excluding carboxylic acids is 2. The summed E-state index contributed by atoms with van der Waals surface area (Å²) in [7, 11) is 0. The van der Waals surface area contributed by atoms with Crippen molar-refractivity contribution in [2.75, 3.05) is 26.2 Å². The summed E-state index contributed by atoms with van der Waals surface area (Å²) in [6.45, 7) is 12.4. The average Bonchev–Trinajstić information content (AvgIpc) is 2.99. The third kappa shape index (κ3) is 3.92. The number of nitrogens with zero attached hydrogens (tertiary/aromatic N) is 2. The number of piperazine rings is 1. The first kappa shape index (κ1) is 19.2. The molecule has 1 aromatic carbocycles. The number of amides is 2. The first-order chi connectivity index (χ1) is 12.8. The van der Waals surface area contributed by atoms with E-state index in [1.807, 2.05) is 48.8 Å². The van der Waals surface area contributed by atoms with Gasteiger partial charge in [0.05, 0.1) is 5.56 Å². The van der Waals surface area contributed by atoms with Crippen LogP contribution in [0.2, 0.25) is 0 Å². The monoisotopic (exact) mass is 367 g/mol. The van der Waals surface area contributed by atoms with E-state index in [-0.39, 0.29) is 11.8 Å². The maximum atomic E-state index is 13.0. The van der Waals surface area contributed by atoms with Crippen LogP contribution in [0, 0.1) is 20.8 Å². The van der Waals surface area contributed by atoms with E-state index in [4.69, 9.17) is 0 Å². The molecule has 0 bridgehead atoms. The third-order valence-electron chi connectivity index (χ3n) is 5.39. The Hall–Kier alpha value is -2.56. The molecule has 1 N–H and O–H groups in total. The summed E-state index contributed by atoms with van der Waals surface area (Å²) in [4.78, 5) is 32.7. The molecule has 1 saturated heterocycles. The highest BCUT2D eigenvalue weighted by atomic mass is 16.2. The van der Waals surface area contributed by atoms with Gasteiger partial charge in [0.15, 0.2) is 0 Å². The van der Waals surface area contributed by atoms with E-state index in [1.54, 1.807) is 0 Å². The van der Waals surface area contributed by atoms with Gasteiger partial charge < -0.3 is 14.8 Å². The average molecular weight is 367 g/mol. The molecule has 2 amide bonds. The number of rotatable bonds is 3. The molecule has 1 aromatic heterocycles. The van der Waals surface area contributed by atoms with Gasteiger partial charge in [0.2, 0.25) is 0 Å². The summed E-state index contributed by atoms with van der Waals surface area (Å²) in [6, 6.07) is 8.04. The van der Waals surface area contributed by atoms with Crippen LogP contribution in [0.1, 0.15) is 63.0 Å². The van der Waals surface area contributed by atoms with Crippen LogP contribution >= 0.6 is 0 Å².